The summed E-state index contributed by atoms with van der Waals surface area (Å²) in [7, 11) is 0. The van der Waals surface area contributed by atoms with Crippen molar-refractivity contribution in [3.05, 3.63) is 51.7 Å². The van der Waals surface area contributed by atoms with Crippen LogP contribution in [0, 0.1) is 12.3 Å². The molecule has 1 saturated heterocycles. The molecule has 3 heterocycles. The summed E-state index contributed by atoms with van der Waals surface area (Å²) in [5.74, 6) is -2.27. The van der Waals surface area contributed by atoms with Crippen molar-refractivity contribution in [3.63, 3.8) is 0 Å². The molecule has 0 bridgehead atoms. The van der Waals surface area contributed by atoms with E-state index >= 15 is 0 Å². The maximum atomic E-state index is 13.7. The van der Waals surface area contributed by atoms with Crippen molar-refractivity contribution in [3.8, 4) is 0 Å². The predicted molar refractivity (Wildman–Crippen MR) is 102 cm³/mol. The van der Waals surface area contributed by atoms with Gasteiger partial charge in [-0.25, -0.2) is 18.3 Å². The number of halogens is 2. The van der Waals surface area contributed by atoms with Gasteiger partial charge in [-0.1, -0.05) is 29.8 Å². The van der Waals surface area contributed by atoms with Crippen molar-refractivity contribution in [2.75, 3.05) is 13.1 Å². The molecule has 5 rings (SSSR count). The van der Waals surface area contributed by atoms with E-state index in [-0.39, 0.29) is 24.6 Å². The highest BCUT2D eigenvalue weighted by Gasteiger charge is 2.73. The van der Waals surface area contributed by atoms with Crippen LogP contribution in [0.2, 0.25) is 0 Å². The van der Waals surface area contributed by atoms with Crippen LogP contribution in [0.4, 0.5) is 8.78 Å². The molecule has 2 aliphatic heterocycles. The molecule has 0 radical (unpaired) electrons. The average Bonchev–Trinajstić information content (AvgIpc) is 3.00. The Morgan fingerprint density at radius 2 is 2.00 bits per heavy atom. The fourth-order valence-corrected chi connectivity index (χ4v) is 4.83. The highest BCUT2D eigenvalue weighted by Crippen LogP contribution is 2.65. The SMILES string of the molecule is Cc1ccc(Cn2nc3n(c2=O)[C@H](C(=O)N2CCC4(C2)CC4(F)F)CCC3)cc1. The van der Waals surface area contributed by atoms with E-state index in [9.17, 15) is 18.4 Å². The number of fused-ring (bicyclic) bond motifs is 1. The molecule has 1 aromatic heterocycles. The maximum absolute atomic E-state index is 13.7. The normalized spacial score (nSPS) is 27.3. The van der Waals surface area contributed by atoms with Crippen LogP contribution in [-0.2, 0) is 17.8 Å². The lowest BCUT2D eigenvalue weighted by Crippen LogP contribution is -2.42. The molecule has 6 nitrogen and oxygen atoms in total. The summed E-state index contributed by atoms with van der Waals surface area (Å²) in [6.07, 6.45) is 2.15. The highest BCUT2D eigenvalue weighted by molar-refractivity contribution is 5.81. The minimum atomic E-state index is -2.66. The number of aryl methyl sites for hydroxylation is 2. The van der Waals surface area contributed by atoms with Gasteiger partial charge in [0.2, 0.25) is 5.91 Å². The number of amides is 1. The Hall–Kier alpha value is -2.51. The monoisotopic (exact) mass is 402 g/mol. The van der Waals surface area contributed by atoms with Gasteiger partial charge in [0.1, 0.15) is 11.9 Å². The molecule has 2 fully saturated rings. The number of carbonyl (C=O) groups is 1. The topological polar surface area (TPSA) is 60.1 Å². The molecule has 1 spiro atoms. The molecular formula is C21H24F2N4O2. The zero-order valence-corrected chi connectivity index (χ0v) is 16.4. The lowest BCUT2D eigenvalue weighted by molar-refractivity contribution is -0.134. The second kappa shape index (κ2) is 6.24. The second-order valence-corrected chi connectivity index (χ2v) is 8.79. The Morgan fingerprint density at radius 3 is 2.66 bits per heavy atom. The Bertz CT molecular complexity index is 1030. The number of hydrogen-bond acceptors (Lipinski definition) is 3. The molecule has 154 valence electrons. The Morgan fingerprint density at radius 1 is 1.28 bits per heavy atom. The van der Waals surface area contributed by atoms with E-state index in [1.165, 1.54) is 14.1 Å². The smallest absolute Gasteiger partial charge is 0.340 e. The largest absolute Gasteiger partial charge is 0.346 e. The first-order valence-electron chi connectivity index (χ1n) is 10.2. The van der Waals surface area contributed by atoms with Crippen LogP contribution in [0.1, 0.15) is 48.7 Å². The van der Waals surface area contributed by atoms with Gasteiger partial charge in [0, 0.05) is 25.9 Å². The minimum Gasteiger partial charge on any atom is -0.340 e. The van der Waals surface area contributed by atoms with Crippen LogP contribution in [0.3, 0.4) is 0 Å². The van der Waals surface area contributed by atoms with Crippen LogP contribution in [0.5, 0.6) is 0 Å². The van der Waals surface area contributed by atoms with Gasteiger partial charge in [0.05, 0.1) is 12.0 Å². The van der Waals surface area contributed by atoms with E-state index < -0.39 is 17.4 Å². The van der Waals surface area contributed by atoms with Gasteiger partial charge in [-0.05, 0) is 31.7 Å². The van der Waals surface area contributed by atoms with E-state index in [4.69, 9.17) is 0 Å². The van der Waals surface area contributed by atoms with E-state index in [1.807, 2.05) is 31.2 Å². The summed E-state index contributed by atoms with van der Waals surface area (Å²) >= 11 is 0. The third-order valence-electron chi connectivity index (χ3n) is 6.75. The first kappa shape index (κ1) is 18.5. The molecule has 1 aliphatic carbocycles. The van der Waals surface area contributed by atoms with Gasteiger partial charge in [0.25, 0.3) is 5.92 Å². The van der Waals surface area contributed by atoms with E-state index in [0.717, 1.165) is 17.5 Å². The molecule has 1 saturated carbocycles. The zero-order chi connectivity index (χ0) is 20.4. The number of aromatic nitrogens is 3. The average molecular weight is 402 g/mol. The number of carbonyl (C=O) groups excluding carboxylic acids is 1. The molecule has 3 aliphatic rings. The molecule has 8 heteroatoms. The van der Waals surface area contributed by atoms with E-state index in [1.54, 1.807) is 0 Å². The van der Waals surface area contributed by atoms with Gasteiger partial charge in [-0.3, -0.25) is 9.36 Å². The quantitative estimate of drug-likeness (QED) is 0.793. The van der Waals surface area contributed by atoms with Crippen molar-refractivity contribution in [2.24, 2.45) is 5.41 Å². The van der Waals surface area contributed by atoms with Crippen molar-refractivity contribution in [2.45, 2.75) is 57.5 Å². The van der Waals surface area contributed by atoms with Gasteiger partial charge < -0.3 is 4.90 Å². The fourth-order valence-electron chi connectivity index (χ4n) is 4.83. The summed E-state index contributed by atoms with van der Waals surface area (Å²) in [6.45, 7) is 2.78. The second-order valence-electron chi connectivity index (χ2n) is 8.79. The van der Waals surface area contributed by atoms with Crippen molar-refractivity contribution in [1.29, 1.82) is 0 Å². The Kier molecular flexibility index (Phi) is 3.98. The summed E-state index contributed by atoms with van der Waals surface area (Å²) in [4.78, 5) is 27.7. The number of rotatable bonds is 3. The van der Waals surface area contributed by atoms with Crippen molar-refractivity contribution >= 4 is 5.91 Å². The van der Waals surface area contributed by atoms with Gasteiger partial charge >= 0.3 is 5.69 Å². The molecule has 2 aromatic rings. The van der Waals surface area contributed by atoms with Crippen LogP contribution in [0.25, 0.3) is 0 Å². The number of benzene rings is 1. The van der Waals surface area contributed by atoms with Gasteiger partial charge in [0.15, 0.2) is 0 Å². The molecular weight excluding hydrogens is 378 g/mol. The van der Waals surface area contributed by atoms with Crippen LogP contribution in [-0.4, -0.2) is 44.2 Å². The molecule has 1 unspecified atom stereocenters. The summed E-state index contributed by atoms with van der Waals surface area (Å²) in [5, 5.41) is 4.47. The third kappa shape index (κ3) is 2.91. The van der Waals surface area contributed by atoms with Crippen LogP contribution < -0.4 is 5.69 Å². The van der Waals surface area contributed by atoms with Crippen molar-refractivity contribution in [1.82, 2.24) is 19.2 Å². The summed E-state index contributed by atoms with van der Waals surface area (Å²) in [6, 6.07) is 7.25. The zero-order valence-electron chi connectivity index (χ0n) is 16.4. The third-order valence-corrected chi connectivity index (χ3v) is 6.75. The Balaban J connectivity index is 1.39. The van der Waals surface area contributed by atoms with Crippen molar-refractivity contribution < 1.29 is 13.6 Å². The predicted octanol–water partition coefficient (Wildman–Crippen LogP) is 2.54. The number of likely N-dealkylation sites (tertiary alicyclic amines) is 1. The first-order valence-corrected chi connectivity index (χ1v) is 10.2. The summed E-state index contributed by atoms with van der Waals surface area (Å²) < 4.78 is 30.3. The maximum Gasteiger partial charge on any atom is 0.346 e. The van der Waals surface area contributed by atoms with E-state index in [2.05, 4.69) is 5.10 Å². The first-order chi connectivity index (χ1) is 13.8. The molecule has 2 atom stereocenters. The Labute approximate surface area is 167 Å². The molecule has 1 amide bonds. The van der Waals surface area contributed by atoms with Gasteiger partial charge in [-0.2, -0.15) is 5.10 Å². The molecule has 0 N–H and O–H groups in total. The number of hydrogen-bond donors (Lipinski definition) is 0. The molecule has 29 heavy (non-hydrogen) atoms. The lowest BCUT2D eigenvalue weighted by atomic mass is 10.0. The molecule has 1 aromatic carbocycles. The fraction of sp³-hybridized carbons (Fsp3) is 0.571. The number of alkyl halides is 2. The standard InChI is InChI=1S/C21H24F2N4O2/c1-14-5-7-15(8-6-14)11-26-19(29)27-16(3-2-4-17(27)24-26)18(28)25-10-9-20(13-25)12-21(20,22)23/h5-8,16H,2-4,9-13H2,1H3/t16-,20?/m0/s1. The number of nitrogens with zero attached hydrogens (tertiary/aromatic N) is 4. The highest BCUT2D eigenvalue weighted by atomic mass is 19.3. The van der Waals surface area contributed by atoms with Crippen LogP contribution in [0.15, 0.2) is 29.1 Å². The minimum absolute atomic E-state index is 0.0942. The van der Waals surface area contributed by atoms with E-state index in [0.29, 0.717) is 38.2 Å². The van der Waals surface area contributed by atoms with Gasteiger partial charge in [-0.15, -0.1) is 0 Å². The van der Waals surface area contributed by atoms with Crippen LogP contribution >= 0.6 is 0 Å². The lowest BCUT2D eigenvalue weighted by Gasteiger charge is -2.27. The summed E-state index contributed by atoms with van der Waals surface area (Å²) in [5.41, 5.74) is 0.777.